The van der Waals surface area contributed by atoms with Crippen molar-refractivity contribution < 1.29 is 18.6 Å². The Morgan fingerprint density at radius 2 is 2.10 bits per heavy atom. The number of hydrogen-bond acceptors (Lipinski definition) is 8. The minimum atomic E-state index is -0.468. The topological polar surface area (TPSA) is 81.1 Å². The Morgan fingerprint density at radius 3 is 2.83 bits per heavy atom. The van der Waals surface area contributed by atoms with Crippen LogP contribution in [0.1, 0.15) is 25.8 Å². The molecule has 2 heterocycles. The molecule has 0 bridgehead atoms. The van der Waals surface area contributed by atoms with E-state index in [1.165, 1.54) is 0 Å². The Hall–Kier alpha value is -2.21. The number of hydrogen-bond donors (Lipinski definition) is 1. The van der Waals surface area contributed by atoms with Crippen LogP contribution in [0.25, 0.3) is 0 Å². The summed E-state index contributed by atoms with van der Waals surface area (Å²) in [6.45, 7) is 7.40. The second kappa shape index (κ2) is 11.3. The minimum absolute atomic E-state index is 0.219. The first-order valence-corrected chi connectivity index (χ1v) is 10.9. The van der Waals surface area contributed by atoms with Crippen LogP contribution >= 0.6 is 22.6 Å². The van der Waals surface area contributed by atoms with E-state index in [1.807, 2.05) is 24.0 Å². The number of anilines is 2. The summed E-state index contributed by atoms with van der Waals surface area (Å²) in [5, 5.41) is 4.20. The molecule has 1 aromatic carbocycles. The van der Waals surface area contributed by atoms with E-state index in [1.54, 1.807) is 6.21 Å². The zero-order valence-electron chi connectivity index (χ0n) is 17.0. The molecule has 1 fully saturated rings. The summed E-state index contributed by atoms with van der Waals surface area (Å²) in [4.78, 5) is 10.0. The highest BCUT2D eigenvalue weighted by molar-refractivity contribution is 14.1. The zero-order chi connectivity index (χ0) is 21.3. The van der Waals surface area contributed by atoms with Crippen LogP contribution < -0.4 is 19.8 Å². The summed E-state index contributed by atoms with van der Waals surface area (Å²) in [5.74, 6) is 1.41. The first-order chi connectivity index (χ1) is 14.6. The highest BCUT2D eigenvalue weighted by Gasteiger charge is 2.17. The van der Waals surface area contributed by atoms with Gasteiger partial charge in [0.1, 0.15) is 0 Å². The van der Waals surface area contributed by atoms with Crippen molar-refractivity contribution in [3.63, 3.8) is 0 Å². The van der Waals surface area contributed by atoms with Crippen LogP contribution in [0.5, 0.6) is 11.5 Å². The van der Waals surface area contributed by atoms with Crippen molar-refractivity contribution in [3.05, 3.63) is 33.3 Å². The number of halogens is 2. The van der Waals surface area contributed by atoms with Gasteiger partial charge in [-0.3, -0.25) is 0 Å². The number of rotatable bonds is 9. The first-order valence-electron chi connectivity index (χ1n) is 9.85. The molecule has 10 heteroatoms. The molecule has 0 aliphatic carbocycles. The molecule has 0 unspecified atom stereocenters. The van der Waals surface area contributed by atoms with E-state index in [-0.39, 0.29) is 11.8 Å². The normalized spacial score (nSPS) is 14.2. The number of nitrogens with one attached hydrogen (secondary N) is 1. The molecule has 1 aliphatic heterocycles. The standard InChI is InChI=1S/C20H25FIN5O3/c1-3-7-30-18-16(22)10-14(11-17(18)29-4-2)12-24-26-20-23-13-15(21)19(25-20)27-5-8-28-9-6-27/h10-13H,3-9H2,1-2H3,(H,23,25,26)/b24-12-. The van der Waals surface area contributed by atoms with E-state index in [9.17, 15) is 4.39 Å². The van der Waals surface area contributed by atoms with Gasteiger partial charge in [-0.2, -0.15) is 10.1 Å². The summed E-state index contributed by atoms with van der Waals surface area (Å²) in [7, 11) is 0. The molecular weight excluding hydrogens is 504 g/mol. The summed E-state index contributed by atoms with van der Waals surface area (Å²) >= 11 is 2.22. The molecule has 2 aromatic rings. The minimum Gasteiger partial charge on any atom is -0.490 e. The fraction of sp³-hybridized carbons (Fsp3) is 0.450. The summed E-state index contributed by atoms with van der Waals surface area (Å²) in [6.07, 6.45) is 3.69. The summed E-state index contributed by atoms with van der Waals surface area (Å²) in [5.41, 5.74) is 3.60. The van der Waals surface area contributed by atoms with Crippen molar-refractivity contribution in [3.8, 4) is 11.5 Å². The van der Waals surface area contributed by atoms with Crippen LogP contribution in [0.15, 0.2) is 23.4 Å². The molecule has 1 aromatic heterocycles. The molecule has 30 heavy (non-hydrogen) atoms. The van der Waals surface area contributed by atoms with Crippen molar-refractivity contribution in [1.82, 2.24) is 9.97 Å². The Labute approximate surface area is 189 Å². The lowest BCUT2D eigenvalue weighted by atomic mass is 10.2. The second-order valence-corrected chi connectivity index (χ2v) is 7.61. The second-order valence-electron chi connectivity index (χ2n) is 6.45. The molecular formula is C20H25FIN5O3. The van der Waals surface area contributed by atoms with Crippen LogP contribution in [0.3, 0.4) is 0 Å². The maximum Gasteiger partial charge on any atom is 0.245 e. The monoisotopic (exact) mass is 529 g/mol. The average molecular weight is 529 g/mol. The van der Waals surface area contributed by atoms with Crippen molar-refractivity contribution in [2.75, 3.05) is 49.8 Å². The van der Waals surface area contributed by atoms with E-state index < -0.39 is 5.82 Å². The Bertz CT molecular complexity index is 878. The fourth-order valence-corrected chi connectivity index (χ4v) is 3.62. The Kier molecular flexibility index (Phi) is 8.43. The molecule has 8 nitrogen and oxygen atoms in total. The lowest BCUT2D eigenvalue weighted by Gasteiger charge is -2.27. The van der Waals surface area contributed by atoms with E-state index in [0.717, 1.165) is 27.5 Å². The third-order valence-corrected chi connectivity index (χ3v) is 5.00. The van der Waals surface area contributed by atoms with Gasteiger partial charge in [0, 0.05) is 13.1 Å². The van der Waals surface area contributed by atoms with Gasteiger partial charge in [-0.15, -0.1) is 0 Å². The fourth-order valence-electron chi connectivity index (χ4n) is 2.84. The molecule has 0 saturated carbocycles. The molecule has 1 N–H and O–H groups in total. The van der Waals surface area contributed by atoms with Crippen molar-refractivity contribution in [2.24, 2.45) is 5.10 Å². The number of nitrogens with zero attached hydrogens (tertiary/aromatic N) is 4. The number of benzene rings is 1. The molecule has 162 valence electrons. The average Bonchev–Trinajstić information content (AvgIpc) is 2.75. The smallest absolute Gasteiger partial charge is 0.245 e. The predicted molar refractivity (Wildman–Crippen MR) is 122 cm³/mol. The zero-order valence-corrected chi connectivity index (χ0v) is 19.2. The van der Waals surface area contributed by atoms with E-state index in [0.29, 0.717) is 45.3 Å². The largest absolute Gasteiger partial charge is 0.490 e. The molecule has 3 rings (SSSR count). The molecule has 0 spiro atoms. The van der Waals surface area contributed by atoms with Crippen LogP contribution in [0, 0.1) is 9.39 Å². The van der Waals surface area contributed by atoms with Gasteiger partial charge in [0.15, 0.2) is 23.1 Å². The van der Waals surface area contributed by atoms with Gasteiger partial charge in [0.2, 0.25) is 5.95 Å². The molecule has 0 amide bonds. The van der Waals surface area contributed by atoms with Gasteiger partial charge >= 0.3 is 0 Å². The third kappa shape index (κ3) is 5.91. The van der Waals surface area contributed by atoms with Gasteiger partial charge in [-0.05, 0) is 53.6 Å². The van der Waals surface area contributed by atoms with E-state index in [2.05, 4.69) is 50.0 Å². The number of hydrazone groups is 1. The van der Waals surface area contributed by atoms with E-state index >= 15 is 0 Å². The quantitative estimate of drug-likeness (QED) is 0.302. The Morgan fingerprint density at radius 1 is 1.30 bits per heavy atom. The molecule has 1 saturated heterocycles. The van der Waals surface area contributed by atoms with Gasteiger partial charge in [0.25, 0.3) is 0 Å². The summed E-state index contributed by atoms with van der Waals surface area (Å²) in [6, 6.07) is 3.82. The molecule has 0 atom stereocenters. The lowest BCUT2D eigenvalue weighted by Crippen LogP contribution is -2.37. The van der Waals surface area contributed by atoms with Crippen LogP contribution in [-0.4, -0.2) is 55.7 Å². The predicted octanol–water partition coefficient (Wildman–Crippen LogP) is 3.69. The van der Waals surface area contributed by atoms with Crippen molar-refractivity contribution in [1.29, 1.82) is 0 Å². The number of morpholine rings is 1. The summed E-state index contributed by atoms with van der Waals surface area (Å²) < 4.78 is 31.9. The number of aromatic nitrogens is 2. The van der Waals surface area contributed by atoms with Crippen LogP contribution in [-0.2, 0) is 4.74 Å². The Balaban J connectivity index is 1.73. The SMILES string of the molecule is CCCOc1c(I)cc(/C=N\Nc2ncc(F)c(N3CCOCC3)n2)cc1OCC. The van der Waals surface area contributed by atoms with Crippen molar-refractivity contribution >= 4 is 40.6 Å². The van der Waals surface area contributed by atoms with Crippen LogP contribution in [0.4, 0.5) is 16.2 Å². The third-order valence-electron chi connectivity index (χ3n) is 4.20. The highest BCUT2D eigenvalue weighted by Crippen LogP contribution is 2.34. The van der Waals surface area contributed by atoms with Gasteiger partial charge < -0.3 is 19.1 Å². The number of ether oxygens (including phenoxy) is 3. The van der Waals surface area contributed by atoms with Gasteiger partial charge in [-0.1, -0.05) is 6.92 Å². The molecule has 0 radical (unpaired) electrons. The highest BCUT2D eigenvalue weighted by atomic mass is 127. The van der Waals surface area contributed by atoms with Crippen molar-refractivity contribution in [2.45, 2.75) is 20.3 Å². The van der Waals surface area contributed by atoms with Gasteiger partial charge in [0.05, 0.1) is 42.4 Å². The van der Waals surface area contributed by atoms with Gasteiger partial charge in [-0.25, -0.2) is 14.8 Å². The molecule has 1 aliphatic rings. The first kappa shape index (κ1) is 22.5. The lowest BCUT2D eigenvalue weighted by molar-refractivity contribution is 0.122. The van der Waals surface area contributed by atoms with E-state index in [4.69, 9.17) is 14.2 Å². The maximum atomic E-state index is 14.1. The maximum absolute atomic E-state index is 14.1. The van der Waals surface area contributed by atoms with Crippen LogP contribution in [0.2, 0.25) is 0 Å².